The van der Waals surface area contributed by atoms with E-state index in [1.807, 2.05) is 6.20 Å². The van der Waals surface area contributed by atoms with Crippen molar-refractivity contribution in [3.05, 3.63) is 18.2 Å². The van der Waals surface area contributed by atoms with Crippen LogP contribution in [0.5, 0.6) is 0 Å². The molecule has 0 spiro atoms. The summed E-state index contributed by atoms with van der Waals surface area (Å²) >= 11 is 0. The van der Waals surface area contributed by atoms with Crippen molar-refractivity contribution in [2.24, 2.45) is 0 Å². The van der Waals surface area contributed by atoms with Crippen molar-refractivity contribution in [3.8, 4) is 0 Å². The molecular weight excluding hydrogens is 214 g/mol. The zero-order chi connectivity index (χ0) is 12.3. The van der Waals surface area contributed by atoms with E-state index in [2.05, 4.69) is 34.9 Å². The molecule has 1 aliphatic carbocycles. The van der Waals surface area contributed by atoms with Gasteiger partial charge in [-0.2, -0.15) is 0 Å². The lowest BCUT2D eigenvalue weighted by atomic mass is 10.1. The fourth-order valence-corrected chi connectivity index (χ4v) is 1.73. The van der Waals surface area contributed by atoms with E-state index in [0.29, 0.717) is 0 Å². The van der Waals surface area contributed by atoms with E-state index in [4.69, 9.17) is 4.74 Å². The second-order valence-corrected chi connectivity index (χ2v) is 5.41. The lowest BCUT2D eigenvalue weighted by molar-refractivity contribution is 0.0119. The predicted molar refractivity (Wildman–Crippen MR) is 67.8 cm³/mol. The molecule has 0 atom stereocenters. The van der Waals surface area contributed by atoms with Crippen molar-refractivity contribution in [2.45, 2.75) is 57.8 Å². The Labute approximate surface area is 103 Å². The van der Waals surface area contributed by atoms with Gasteiger partial charge in [0.05, 0.1) is 12.1 Å². The predicted octanol–water partition coefficient (Wildman–Crippen LogP) is 1.95. The van der Waals surface area contributed by atoms with Gasteiger partial charge >= 0.3 is 0 Å². The zero-order valence-electron chi connectivity index (χ0n) is 11.1. The molecule has 0 amide bonds. The van der Waals surface area contributed by atoms with Gasteiger partial charge in [0.2, 0.25) is 0 Å². The number of hydrogen-bond acceptors (Lipinski definition) is 3. The Morgan fingerprint density at radius 1 is 1.53 bits per heavy atom. The van der Waals surface area contributed by atoms with Gasteiger partial charge in [0, 0.05) is 32.1 Å². The summed E-state index contributed by atoms with van der Waals surface area (Å²) in [5, 5.41) is 3.50. The number of nitrogens with one attached hydrogen (secondary N) is 1. The minimum absolute atomic E-state index is 0.0640. The Balaban J connectivity index is 1.84. The third-order valence-electron chi connectivity index (χ3n) is 3.44. The molecule has 0 saturated heterocycles. The van der Waals surface area contributed by atoms with Gasteiger partial charge in [-0.15, -0.1) is 0 Å². The summed E-state index contributed by atoms with van der Waals surface area (Å²) in [6.45, 7) is 6.08. The van der Waals surface area contributed by atoms with E-state index in [9.17, 15) is 0 Å². The Morgan fingerprint density at radius 2 is 2.29 bits per heavy atom. The third-order valence-corrected chi connectivity index (χ3v) is 3.44. The molecule has 1 saturated carbocycles. The summed E-state index contributed by atoms with van der Waals surface area (Å²) < 4.78 is 7.65. The first kappa shape index (κ1) is 12.6. The molecule has 0 aliphatic heterocycles. The topological polar surface area (TPSA) is 39.1 Å². The van der Waals surface area contributed by atoms with Crippen LogP contribution in [0.1, 0.15) is 38.9 Å². The summed E-state index contributed by atoms with van der Waals surface area (Å²) in [5.41, 5.74) is -0.0640. The Morgan fingerprint density at radius 3 is 2.94 bits per heavy atom. The number of aryl methyl sites for hydroxylation is 1. The molecule has 0 unspecified atom stereocenters. The second-order valence-electron chi connectivity index (χ2n) is 5.41. The average Bonchev–Trinajstić information content (AvgIpc) is 3.03. The van der Waals surface area contributed by atoms with Crippen molar-refractivity contribution >= 4 is 0 Å². The van der Waals surface area contributed by atoms with Gasteiger partial charge in [-0.3, -0.25) is 0 Å². The maximum absolute atomic E-state index is 5.43. The van der Waals surface area contributed by atoms with E-state index in [1.54, 1.807) is 7.11 Å². The molecule has 4 heteroatoms. The smallest absolute Gasteiger partial charge is 0.122 e. The van der Waals surface area contributed by atoms with Gasteiger partial charge < -0.3 is 14.6 Å². The molecule has 1 heterocycles. The van der Waals surface area contributed by atoms with Crippen LogP contribution in [0.2, 0.25) is 0 Å². The van der Waals surface area contributed by atoms with Crippen LogP contribution in [0.4, 0.5) is 0 Å². The minimum atomic E-state index is -0.0640. The second kappa shape index (κ2) is 5.19. The van der Waals surface area contributed by atoms with Crippen molar-refractivity contribution < 1.29 is 4.74 Å². The molecule has 0 aromatic carbocycles. The van der Waals surface area contributed by atoms with Crippen molar-refractivity contribution in [1.82, 2.24) is 14.9 Å². The number of nitrogens with zero attached hydrogens (tertiary/aromatic N) is 2. The molecule has 2 rings (SSSR count). The average molecular weight is 237 g/mol. The third kappa shape index (κ3) is 3.82. The largest absolute Gasteiger partial charge is 0.379 e. The molecule has 17 heavy (non-hydrogen) atoms. The molecule has 1 aromatic rings. The number of hydrogen-bond donors (Lipinski definition) is 1. The Bertz CT molecular complexity index is 355. The summed E-state index contributed by atoms with van der Waals surface area (Å²) in [4.78, 5) is 4.40. The maximum atomic E-state index is 5.43. The number of aromatic nitrogens is 2. The number of ether oxygens (including phenoxy) is 1. The summed E-state index contributed by atoms with van der Waals surface area (Å²) in [5.74, 6) is 1.13. The first-order valence-electron chi connectivity index (χ1n) is 6.39. The monoisotopic (exact) mass is 237 g/mol. The number of rotatable bonds is 7. The lowest BCUT2D eigenvalue weighted by Gasteiger charge is -2.23. The van der Waals surface area contributed by atoms with Crippen LogP contribution in [-0.2, 0) is 17.8 Å². The highest BCUT2D eigenvalue weighted by molar-refractivity contribution is 4.94. The van der Waals surface area contributed by atoms with Crippen LogP contribution in [0.15, 0.2) is 12.4 Å². The number of methoxy groups -OCH3 is 1. The van der Waals surface area contributed by atoms with Gasteiger partial charge in [-0.05, 0) is 33.1 Å². The molecule has 4 nitrogen and oxygen atoms in total. The Kier molecular flexibility index (Phi) is 3.84. The molecule has 1 N–H and O–H groups in total. The molecule has 1 aromatic heterocycles. The first-order chi connectivity index (χ1) is 8.11. The van der Waals surface area contributed by atoms with Crippen LogP contribution in [0.25, 0.3) is 0 Å². The van der Waals surface area contributed by atoms with E-state index in [0.717, 1.165) is 31.4 Å². The van der Waals surface area contributed by atoms with Gasteiger partial charge in [0.25, 0.3) is 0 Å². The standard InChI is InChI=1S/C13H23N3O/c1-13(2,17-3)6-8-16-9-7-14-12(16)10-15-11-4-5-11/h7,9,11,15H,4-6,8,10H2,1-3H3. The van der Waals surface area contributed by atoms with Crippen molar-refractivity contribution in [1.29, 1.82) is 0 Å². The van der Waals surface area contributed by atoms with E-state index in [-0.39, 0.29) is 5.60 Å². The van der Waals surface area contributed by atoms with Crippen LogP contribution < -0.4 is 5.32 Å². The summed E-state index contributed by atoms with van der Waals surface area (Å²) in [7, 11) is 1.77. The Hall–Kier alpha value is -0.870. The van der Waals surface area contributed by atoms with Crippen molar-refractivity contribution in [2.75, 3.05) is 7.11 Å². The molecule has 0 bridgehead atoms. The molecule has 1 fully saturated rings. The highest BCUT2D eigenvalue weighted by Crippen LogP contribution is 2.19. The maximum Gasteiger partial charge on any atom is 0.122 e. The van der Waals surface area contributed by atoms with Gasteiger partial charge in [-0.25, -0.2) is 4.98 Å². The molecular formula is C13H23N3O. The van der Waals surface area contributed by atoms with Gasteiger partial charge in [-0.1, -0.05) is 0 Å². The van der Waals surface area contributed by atoms with E-state index >= 15 is 0 Å². The minimum Gasteiger partial charge on any atom is -0.379 e. The van der Waals surface area contributed by atoms with Gasteiger partial charge in [0.1, 0.15) is 5.82 Å². The van der Waals surface area contributed by atoms with Crippen LogP contribution in [0.3, 0.4) is 0 Å². The van der Waals surface area contributed by atoms with E-state index < -0.39 is 0 Å². The zero-order valence-corrected chi connectivity index (χ0v) is 11.1. The van der Waals surface area contributed by atoms with Gasteiger partial charge in [0.15, 0.2) is 0 Å². The SMILES string of the molecule is COC(C)(C)CCn1ccnc1CNC1CC1. The van der Waals surface area contributed by atoms with Crippen LogP contribution in [-0.4, -0.2) is 28.3 Å². The lowest BCUT2D eigenvalue weighted by Crippen LogP contribution is -2.25. The fourth-order valence-electron chi connectivity index (χ4n) is 1.73. The summed E-state index contributed by atoms with van der Waals surface area (Å²) in [6, 6.07) is 0.732. The van der Waals surface area contributed by atoms with Crippen LogP contribution >= 0.6 is 0 Å². The highest BCUT2D eigenvalue weighted by atomic mass is 16.5. The summed E-state index contributed by atoms with van der Waals surface area (Å²) in [6.07, 6.45) is 7.56. The van der Waals surface area contributed by atoms with E-state index in [1.165, 1.54) is 12.8 Å². The number of imidazole rings is 1. The molecule has 1 aliphatic rings. The molecule has 0 radical (unpaired) electrons. The quantitative estimate of drug-likeness (QED) is 0.788. The van der Waals surface area contributed by atoms with Crippen LogP contribution in [0, 0.1) is 0 Å². The first-order valence-corrected chi connectivity index (χ1v) is 6.39. The highest BCUT2D eigenvalue weighted by Gasteiger charge is 2.21. The molecule has 96 valence electrons. The van der Waals surface area contributed by atoms with Crippen molar-refractivity contribution in [3.63, 3.8) is 0 Å². The fraction of sp³-hybridized carbons (Fsp3) is 0.769. The normalized spacial score (nSPS) is 16.4.